The van der Waals surface area contributed by atoms with Crippen molar-refractivity contribution in [3.8, 4) is 10.4 Å². The molecule has 0 radical (unpaired) electrons. The van der Waals surface area contributed by atoms with Crippen LogP contribution in [0.3, 0.4) is 0 Å². The van der Waals surface area contributed by atoms with Crippen LogP contribution in [0.1, 0.15) is 44.9 Å². The van der Waals surface area contributed by atoms with E-state index in [-0.39, 0.29) is 24.7 Å². The van der Waals surface area contributed by atoms with Gasteiger partial charge in [-0.3, -0.25) is 9.69 Å². The smallest absolute Gasteiger partial charge is 0.410 e. The lowest BCUT2D eigenvalue weighted by Gasteiger charge is -2.35. The van der Waals surface area contributed by atoms with Crippen molar-refractivity contribution in [1.82, 2.24) is 19.8 Å². The number of hydrogen-bond donors (Lipinski definition) is 1. The summed E-state index contributed by atoms with van der Waals surface area (Å²) in [5, 5.41) is 3.48. The largest absolute Gasteiger partial charge is 0.463 e. The normalized spacial score (nSPS) is 14.9. The number of fused-ring (bicyclic) bond motifs is 1. The fourth-order valence-electron chi connectivity index (χ4n) is 4.82. The molecule has 4 aromatic rings. The number of benzene rings is 2. The predicted molar refractivity (Wildman–Crippen MR) is 165 cm³/mol. The summed E-state index contributed by atoms with van der Waals surface area (Å²) < 4.78 is 11.8. The van der Waals surface area contributed by atoms with E-state index >= 15 is 0 Å². The molecule has 1 amide bonds. The van der Waals surface area contributed by atoms with Gasteiger partial charge in [-0.1, -0.05) is 54.6 Å². The summed E-state index contributed by atoms with van der Waals surface area (Å²) in [4.78, 5) is 38.2. The summed E-state index contributed by atoms with van der Waals surface area (Å²) in [5.74, 6) is 0.384. The van der Waals surface area contributed by atoms with Crippen LogP contribution in [0.5, 0.6) is 0 Å². The van der Waals surface area contributed by atoms with Gasteiger partial charge in [-0.2, -0.15) is 0 Å². The van der Waals surface area contributed by atoms with Gasteiger partial charge in [0.1, 0.15) is 24.4 Å². The second-order valence-corrected chi connectivity index (χ2v) is 12.5. The van der Waals surface area contributed by atoms with Gasteiger partial charge in [0.15, 0.2) is 0 Å². The second-order valence-electron chi connectivity index (χ2n) is 11.4. The molecule has 10 heteroatoms. The molecule has 9 nitrogen and oxygen atoms in total. The van der Waals surface area contributed by atoms with Crippen LogP contribution in [-0.4, -0.2) is 70.2 Å². The first-order chi connectivity index (χ1) is 20.1. The minimum atomic E-state index is -0.481. The topological polar surface area (TPSA) is 96.9 Å². The van der Waals surface area contributed by atoms with Crippen molar-refractivity contribution in [3.05, 3.63) is 78.1 Å². The third-order valence-electron chi connectivity index (χ3n) is 6.95. The number of nitrogens with zero attached hydrogens (tertiary/aromatic N) is 4. The highest BCUT2D eigenvalue weighted by Crippen LogP contribution is 2.37. The monoisotopic (exact) mass is 587 g/mol. The molecule has 2 aromatic carbocycles. The number of carbonyl (C=O) groups excluding carboxylic acids is 2. The number of nitrogens with one attached hydrogen (secondary N) is 1. The van der Waals surface area contributed by atoms with Gasteiger partial charge < -0.3 is 19.7 Å². The Morgan fingerprint density at radius 1 is 1.00 bits per heavy atom. The minimum Gasteiger partial charge on any atom is -0.463 e. The average Bonchev–Trinajstić information content (AvgIpc) is 3.41. The van der Waals surface area contributed by atoms with E-state index in [0.29, 0.717) is 18.9 Å². The molecule has 1 N–H and O–H groups in total. The summed E-state index contributed by atoms with van der Waals surface area (Å²) in [7, 11) is 0. The van der Waals surface area contributed by atoms with E-state index < -0.39 is 5.60 Å². The molecule has 1 aliphatic rings. The van der Waals surface area contributed by atoms with Crippen molar-refractivity contribution in [2.24, 2.45) is 0 Å². The van der Waals surface area contributed by atoms with Crippen LogP contribution in [0.4, 0.5) is 10.6 Å². The lowest BCUT2D eigenvalue weighted by molar-refractivity contribution is -0.141. The van der Waals surface area contributed by atoms with E-state index in [9.17, 15) is 9.59 Å². The van der Waals surface area contributed by atoms with Crippen molar-refractivity contribution >= 4 is 39.4 Å². The van der Waals surface area contributed by atoms with Gasteiger partial charge in [0, 0.05) is 44.5 Å². The van der Waals surface area contributed by atoms with Crippen molar-refractivity contribution in [1.29, 1.82) is 0 Å². The molecule has 0 unspecified atom stereocenters. The van der Waals surface area contributed by atoms with E-state index in [1.807, 2.05) is 51.1 Å². The molecule has 1 atom stereocenters. The molecule has 42 heavy (non-hydrogen) atoms. The Kier molecular flexibility index (Phi) is 9.03. The first-order valence-corrected chi connectivity index (χ1v) is 15.0. The maximum Gasteiger partial charge on any atom is 0.410 e. The number of amides is 1. The van der Waals surface area contributed by atoms with Crippen molar-refractivity contribution in [2.75, 3.05) is 38.1 Å². The average molecular weight is 588 g/mol. The predicted octanol–water partition coefficient (Wildman–Crippen LogP) is 6.13. The Hall–Kier alpha value is -4.02. The molecular weight excluding hydrogens is 550 g/mol. The van der Waals surface area contributed by atoms with Crippen molar-refractivity contribution in [2.45, 2.75) is 45.9 Å². The molecule has 5 rings (SSSR count). The van der Waals surface area contributed by atoms with E-state index in [1.165, 1.54) is 12.5 Å². The fraction of sp³-hybridized carbons (Fsp3) is 0.375. The van der Waals surface area contributed by atoms with Gasteiger partial charge in [-0.05, 0) is 43.5 Å². The van der Waals surface area contributed by atoms with Crippen molar-refractivity contribution < 1.29 is 19.1 Å². The Bertz CT molecular complexity index is 1510. The molecule has 1 saturated heterocycles. The highest BCUT2D eigenvalue weighted by Gasteiger charge is 2.26. The van der Waals surface area contributed by atoms with Crippen LogP contribution in [0.25, 0.3) is 20.7 Å². The molecule has 220 valence electrons. The van der Waals surface area contributed by atoms with E-state index in [0.717, 1.165) is 45.9 Å². The van der Waals surface area contributed by atoms with E-state index in [2.05, 4.69) is 50.5 Å². The zero-order valence-corrected chi connectivity index (χ0v) is 25.3. The van der Waals surface area contributed by atoms with E-state index in [4.69, 9.17) is 9.47 Å². The van der Waals surface area contributed by atoms with Gasteiger partial charge in [-0.15, -0.1) is 11.3 Å². The zero-order valence-electron chi connectivity index (χ0n) is 24.5. The van der Waals surface area contributed by atoms with Crippen LogP contribution >= 0.6 is 11.3 Å². The van der Waals surface area contributed by atoms with Crippen LogP contribution in [0.2, 0.25) is 0 Å². The molecule has 0 bridgehead atoms. The molecule has 1 fully saturated rings. The highest BCUT2D eigenvalue weighted by atomic mass is 32.1. The Balaban J connectivity index is 1.25. The zero-order chi connectivity index (χ0) is 29.7. The van der Waals surface area contributed by atoms with Crippen molar-refractivity contribution in [3.63, 3.8) is 0 Å². The quantitative estimate of drug-likeness (QED) is 0.246. The number of thiophene rings is 1. The highest BCUT2D eigenvalue weighted by molar-refractivity contribution is 7.22. The number of piperazine rings is 1. The molecule has 0 saturated carbocycles. The van der Waals surface area contributed by atoms with Gasteiger partial charge >= 0.3 is 12.1 Å². The van der Waals surface area contributed by atoms with Gasteiger partial charge in [-0.25, -0.2) is 14.8 Å². The fourth-order valence-corrected chi connectivity index (χ4v) is 5.89. The SMILES string of the molecule is CC(=O)OC[C@@H](Nc1ncnc2cc(-c3ccc(CN4CCN(C(=O)OC(C)(C)C)CC4)cc3)sc12)c1ccccc1. The standard InChI is InChI=1S/C32H37N5O4S/c1-22(38)40-20-27(24-8-6-5-7-9-24)35-30-29-26(33-21-34-30)18-28(42-29)25-12-10-23(11-13-25)19-36-14-16-37(17-15-36)31(39)41-32(2,3)4/h5-13,18,21,27H,14-17,19-20H2,1-4H3,(H,33,34,35)/t27-/m1/s1. The first kappa shape index (κ1) is 29.5. The van der Waals surface area contributed by atoms with Gasteiger partial charge in [0.2, 0.25) is 0 Å². The van der Waals surface area contributed by atoms with Crippen LogP contribution < -0.4 is 5.32 Å². The number of hydrogen-bond acceptors (Lipinski definition) is 9. The lowest BCUT2D eigenvalue weighted by atomic mass is 10.1. The number of ether oxygens (including phenoxy) is 2. The lowest BCUT2D eigenvalue weighted by Crippen LogP contribution is -2.49. The number of esters is 1. The molecule has 2 aromatic heterocycles. The number of aromatic nitrogens is 2. The van der Waals surface area contributed by atoms with E-state index in [1.54, 1.807) is 22.6 Å². The number of rotatable bonds is 8. The molecular formula is C32H37N5O4S. The summed E-state index contributed by atoms with van der Waals surface area (Å²) in [5.41, 5.74) is 3.72. The number of carbonyl (C=O) groups is 2. The molecule has 0 aliphatic carbocycles. The maximum absolute atomic E-state index is 12.4. The molecule has 0 spiro atoms. The Labute approximate surface area is 250 Å². The van der Waals surface area contributed by atoms with Crippen LogP contribution in [0.15, 0.2) is 67.0 Å². The Morgan fingerprint density at radius 2 is 1.71 bits per heavy atom. The third-order valence-corrected chi connectivity index (χ3v) is 8.13. The number of anilines is 1. The summed E-state index contributed by atoms with van der Waals surface area (Å²) in [6.07, 6.45) is 1.32. The molecule has 3 heterocycles. The first-order valence-electron chi connectivity index (χ1n) is 14.1. The van der Waals surface area contributed by atoms with Crippen LogP contribution in [0, 0.1) is 0 Å². The summed E-state index contributed by atoms with van der Waals surface area (Å²) in [6.45, 7) is 11.1. The third kappa shape index (κ3) is 7.63. The maximum atomic E-state index is 12.4. The second kappa shape index (κ2) is 12.9. The Morgan fingerprint density at radius 3 is 2.38 bits per heavy atom. The van der Waals surface area contributed by atoms with Gasteiger partial charge in [0.05, 0.1) is 16.3 Å². The minimum absolute atomic E-state index is 0.195. The van der Waals surface area contributed by atoms with Gasteiger partial charge in [0.25, 0.3) is 0 Å². The van der Waals surface area contributed by atoms with Crippen LogP contribution in [-0.2, 0) is 20.8 Å². The molecule has 1 aliphatic heterocycles. The summed E-state index contributed by atoms with van der Waals surface area (Å²) in [6, 6.07) is 20.3. The summed E-state index contributed by atoms with van der Waals surface area (Å²) >= 11 is 1.63.